The van der Waals surface area contributed by atoms with Gasteiger partial charge in [-0.2, -0.15) is 0 Å². The number of aliphatic carboxylic acids is 1. The summed E-state index contributed by atoms with van der Waals surface area (Å²) < 4.78 is 5.66. The second-order valence-electron chi connectivity index (χ2n) is 5.78. The first kappa shape index (κ1) is 15.3. The first-order valence-corrected chi connectivity index (χ1v) is 6.96. The molecule has 0 saturated heterocycles. The van der Waals surface area contributed by atoms with Gasteiger partial charge in [-0.1, -0.05) is 0 Å². The van der Waals surface area contributed by atoms with Crippen LogP contribution in [0, 0.1) is 0 Å². The van der Waals surface area contributed by atoms with E-state index < -0.39 is 11.5 Å². The maximum absolute atomic E-state index is 12.4. The molecule has 0 aromatic carbocycles. The maximum atomic E-state index is 12.4. The van der Waals surface area contributed by atoms with E-state index in [1.807, 2.05) is 0 Å². The molecule has 1 N–H and O–H groups in total. The second-order valence-corrected chi connectivity index (χ2v) is 5.78. The van der Waals surface area contributed by atoms with Gasteiger partial charge in [0.05, 0.1) is 0 Å². The maximum Gasteiger partial charge on any atom is 0.329 e. The number of ether oxygens (including phenoxy) is 1. The molecule has 6 nitrogen and oxygen atoms in total. The first-order chi connectivity index (χ1) is 9.82. The van der Waals surface area contributed by atoms with Crippen molar-refractivity contribution in [2.24, 2.45) is 0 Å². The van der Waals surface area contributed by atoms with Gasteiger partial charge in [-0.05, 0) is 39.2 Å². The van der Waals surface area contributed by atoms with Crippen molar-refractivity contribution in [3.8, 4) is 5.88 Å². The van der Waals surface area contributed by atoms with E-state index in [2.05, 4.69) is 4.98 Å². The van der Waals surface area contributed by atoms with Crippen LogP contribution in [0.5, 0.6) is 5.88 Å². The van der Waals surface area contributed by atoms with Crippen LogP contribution in [-0.2, 0) is 4.79 Å². The summed E-state index contributed by atoms with van der Waals surface area (Å²) in [6.07, 6.45) is 4.84. The van der Waals surface area contributed by atoms with Crippen molar-refractivity contribution in [3.05, 3.63) is 23.9 Å². The highest BCUT2D eigenvalue weighted by Crippen LogP contribution is 2.25. The zero-order chi connectivity index (χ0) is 15.6. The van der Waals surface area contributed by atoms with Gasteiger partial charge < -0.3 is 14.7 Å². The molecule has 0 unspecified atom stereocenters. The van der Waals surface area contributed by atoms with E-state index in [0.717, 1.165) is 19.3 Å². The highest BCUT2D eigenvalue weighted by molar-refractivity contribution is 5.97. The number of carbonyl (C=O) groups excluding carboxylic acids is 1. The third-order valence-electron chi connectivity index (χ3n) is 3.99. The molecule has 1 fully saturated rings. The molecule has 6 heteroatoms. The number of hydrogen-bond donors (Lipinski definition) is 1. The van der Waals surface area contributed by atoms with E-state index in [-0.39, 0.29) is 12.0 Å². The minimum absolute atomic E-state index is 0.177. The van der Waals surface area contributed by atoms with Crippen LogP contribution in [0.4, 0.5) is 0 Å². The van der Waals surface area contributed by atoms with E-state index in [0.29, 0.717) is 11.4 Å². The lowest BCUT2D eigenvalue weighted by Crippen LogP contribution is -2.50. The molecular formula is C15H20N2O4. The molecule has 2 rings (SSSR count). The average molecular weight is 292 g/mol. The number of amides is 1. The van der Waals surface area contributed by atoms with Gasteiger partial charge in [-0.3, -0.25) is 4.79 Å². The number of hydrogen-bond acceptors (Lipinski definition) is 4. The van der Waals surface area contributed by atoms with Crippen LogP contribution in [0.3, 0.4) is 0 Å². The monoisotopic (exact) mass is 292 g/mol. The average Bonchev–Trinajstić information content (AvgIpc) is 2.41. The van der Waals surface area contributed by atoms with Crippen molar-refractivity contribution in [1.82, 2.24) is 9.88 Å². The minimum atomic E-state index is -1.28. The van der Waals surface area contributed by atoms with E-state index in [9.17, 15) is 14.7 Å². The zero-order valence-corrected chi connectivity index (χ0v) is 12.5. The molecule has 1 aliphatic carbocycles. The van der Waals surface area contributed by atoms with Crippen LogP contribution in [-0.4, -0.2) is 45.6 Å². The number of nitrogens with zero attached hydrogens (tertiary/aromatic N) is 2. The molecule has 0 atom stereocenters. The number of carbonyl (C=O) groups is 2. The van der Waals surface area contributed by atoms with Gasteiger partial charge >= 0.3 is 5.97 Å². The highest BCUT2D eigenvalue weighted by atomic mass is 16.5. The second kappa shape index (κ2) is 5.71. The van der Waals surface area contributed by atoms with Crippen molar-refractivity contribution < 1.29 is 19.4 Å². The Morgan fingerprint density at radius 2 is 2.10 bits per heavy atom. The van der Waals surface area contributed by atoms with Crippen molar-refractivity contribution in [1.29, 1.82) is 0 Å². The molecule has 1 saturated carbocycles. The Kier molecular flexibility index (Phi) is 4.16. The van der Waals surface area contributed by atoms with Crippen LogP contribution in [0.15, 0.2) is 18.3 Å². The molecule has 1 heterocycles. The topological polar surface area (TPSA) is 79.7 Å². The molecule has 1 aromatic heterocycles. The summed E-state index contributed by atoms with van der Waals surface area (Å²) in [5.74, 6) is -1.02. The lowest BCUT2D eigenvalue weighted by Gasteiger charge is -2.31. The predicted molar refractivity (Wildman–Crippen MR) is 76.3 cm³/mol. The van der Waals surface area contributed by atoms with E-state index in [1.54, 1.807) is 12.1 Å². The van der Waals surface area contributed by atoms with E-state index in [1.165, 1.54) is 32.0 Å². The fraction of sp³-hybridized carbons (Fsp3) is 0.533. The van der Waals surface area contributed by atoms with Crippen LogP contribution in [0.1, 0.15) is 43.5 Å². The van der Waals surface area contributed by atoms with Crippen molar-refractivity contribution >= 4 is 11.9 Å². The van der Waals surface area contributed by atoms with Crippen LogP contribution >= 0.6 is 0 Å². The van der Waals surface area contributed by atoms with E-state index in [4.69, 9.17) is 4.74 Å². The Morgan fingerprint density at radius 1 is 1.43 bits per heavy atom. The van der Waals surface area contributed by atoms with Gasteiger partial charge in [0.1, 0.15) is 11.6 Å². The SMILES string of the molecule is CN(C(=O)c1ccnc(OC2CCC2)c1)C(C)(C)C(=O)O. The summed E-state index contributed by atoms with van der Waals surface area (Å²) in [5.41, 5.74) is -0.911. The third kappa shape index (κ3) is 3.15. The van der Waals surface area contributed by atoms with Crippen LogP contribution in [0.25, 0.3) is 0 Å². The number of carboxylic acids is 1. The molecule has 1 amide bonds. The number of likely N-dealkylation sites (N-methyl/N-ethyl adjacent to an activating group) is 1. The molecule has 1 aromatic rings. The lowest BCUT2D eigenvalue weighted by atomic mass is 9.96. The molecule has 21 heavy (non-hydrogen) atoms. The van der Waals surface area contributed by atoms with Gasteiger partial charge in [-0.25, -0.2) is 9.78 Å². The van der Waals surface area contributed by atoms with Crippen LogP contribution in [0.2, 0.25) is 0 Å². The fourth-order valence-corrected chi connectivity index (χ4v) is 1.86. The summed E-state index contributed by atoms with van der Waals surface area (Å²) in [6, 6.07) is 3.12. The largest absolute Gasteiger partial charge is 0.480 e. The molecule has 114 valence electrons. The Hall–Kier alpha value is -2.11. The molecule has 0 bridgehead atoms. The molecule has 1 aliphatic rings. The standard InChI is InChI=1S/C15H20N2O4/c1-15(2,14(19)20)17(3)13(18)10-7-8-16-12(9-10)21-11-5-4-6-11/h7-9,11H,4-6H2,1-3H3,(H,19,20). The van der Waals surface area contributed by atoms with Crippen molar-refractivity contribution in [2.45, 2.75) is 44.8 Å². The fourth-order valence-electron chi connectivity index (χ4n) is 1.86. The van der Waals surface area contributed by atoms with Gasteiger partial charge in [0.2, 0.25) is 5.88 Å². The van der Waals surface area contributed by atoms with Crippen molar-refractivity contribution in [2.75, 3.05) is 7.05 Å². The Morgan fingerprint density at radius 3 is 2.62 bits per heavy atom. The number of aromatic nitrogens is 1. The van der Waals surface area contributed by atoms with Crippen LogP contribution < -0.4 is 4.74 Å². The van der Waals surface area contributed by atoms with Crippen molar-refractivity contribution in [3.63, 3.8) is 0 Å². The smallest absolute Gasteiger partial charge is 0.329 e. The summed E-state index contributed by atoms with van der Waals surface area (Å²) in [7, 11) is 1.48. The lowest BCUT2D eigenvalue weighted by molar-refractivity contribution is -0.147. The molecular weight excluding hydrogens is 272 g/mol. The Labute approximate surface area is 123 Å². The summed E-state index contributed by atoms with van der Waals surface area (Å²) in [5, 5.41) is 9.19. The molecule has 0 spiro atoms. The molecule has 0 aliphatic heterocycles. The van der Waals surface area contributed by atoms with E-state index >= 15 is 0 Å². The normalized spacial score (nSPS) is 15.2. The van der Waals surface area contributed by atoms with Gasteiger partial charge in [-0.15, -0.1) is 0 Å². The Bertz CT molecular complexity index is 552. The van der Waals surface area contributed by atoms with Gasteiger partial charge in [0.15, 0.2) is 0 Å². The summed E-state index contributed by atoms with van der Waals surface area (Å²) in [6.45, 7) is 2.97. The Balaban J connectivity index is 2.15. The number of pyridine rings is 1. The quantitative estimate of drug-likeness (QED) is 0.897. The zero-order valence-electron chi connectivity index (χ0n) is 12.5. The summed E-state index contributed by atoms with van der Waals surface area (Å²) >= 11 is 0. The summed E-state index contributed by atoms with van der Waals surface area (Å²) in [4.78, 5) is 28.9. The highest BCUT2D eigenvalue weighted by Gasteiger charge is 2.35. The minimum Gasteiger partial charge on any atom is -0.480 e. The van der Waals surface area contributed by atoms with Gasteiger partial charge in [0.25, 0.3) is 5.91 Å². The number of carboxylic acid groups (broad SMARTS) is 1. The molecule has 0 radical (unpaired) electrons. The third-order valence-corrected chi connectivity index (χ3v) is 3.99. The first-order valence-electron chi connectivity index (χ1n) is 6.96. The number of rotatable bonds is 5. The van der Waals surface area contributed by atoms with Gasteiger partial charge in [0, 0.05) is 24.9 Å². The predicted octanol–water partition coefficient (Wildman–Crippen LogP) is 1.95.